The molecular weight excluding hydrogens is 835 g/mol. The molecule has 2 saturated heterocycles. The van der Waals surface area contributed by atoms with Gasteiger partial charge in [0.15, 0.2) is 11.9 Å². The van der Waals surface area contributed by atoms with E-state index in [0.29, 0.717) is 63.4 Å². The Hall–Kier alpha value is -3.08. The zero-order valence-electron chi connectivity index (χ0n) is 40.7. The van der Waals surface area contributed by atoms with Crippen LogP contribution in [0.3, 0.4) is 0 Å². The second-order valence-corrected chi connectivity index (χ2v) is 19.8. The number of carbonyl (C=O) groups excluding carboxylic acids is 4. The second-order valence-electron chi connectivity index (χ2n) is 19.8. The first kappa shape index (κ1) is 54.5. The largest absolute Gasteiger partial charge is 0.460 e. The lowest BCUT2D eigenvalue weighted by molar-refractivity contribution is -0.317. The van der Waals surface area contributed by atoms with E-state index in [1.807, 2.05) is 58.1 Å². The number of aliphatic hydroxyl groups excluding tert-OH is 3. The van der Waals surface area contributed by atoms with Crippen molar-refractivity contribution in [1.82, 2.24) is 4.90 Å². The van der Waals surface area contributed by atoms with Gasteiger partial charge in [-0.2, -0.15) is 0 Å². The van der Waals surface area contributed by atoms with E-state index < -0.39 is 78.1 Å². The third kappa shape index (κ3) is 14.5. The summed E-state index contributed by atoms with van der Waals surface area (Å²) in [4.78, 5) is 57.8. The molecule has 2 unspecified atom stereocenters. The third-order valence-corrected chi connectivity index (χ3v) is 14.7. The molecule has 0 spiro atoms. The van der Waals surface area contributed by atoms with Crippen molar-refractivity contribution in [3.8, 4) is 0 Å². The van der Waals surface area contributed by atoms with Crippen molar-refractivity contribution in [1.29, 1.82) is 0 Å². The number of methoxy groups -OCH3 is 3. The van der Waals surface area contributed by atoms with Crippen LogP contribution in [0.5, 0.6) is 0 Å². The molecular formula is C51H81NO13. The molecule has 0 radical (unpaired) electrons. The molecule has 4 aliphatic rings. The van der Waals surface area contributed by atoms with Crippen molar-refractivity contribution in [2.24, 2.45) is 35.5 Å². The summed E-state index contributed by atoms with van der Waals surface area (Å²) >= 11 is 0. The van der Waals surface area contributed by atoms with Gasteiger partial charge < -0.3 is 49.0 Å². The molecule has 1 saturated carbocycles. The van der Waals surface area contributed by atoms with Crippen LogP contribution in [-0.2, 0) is 42.9 Å². The highest BCUT2D eigenvalue weighted by atomic mass is 16.6. The van der Waals surface area contributed by atoms with E-state index in [-0.39, 0.29) is 60.9 Å². The predicted molar refractivity (Wildman–Crippen MR) is 246 cm³/mol. The van der Waals surface area contributed by atoms with Gasteiger partial charge in [0, 0.05) is 58.5 Å². The number of ketones is 2. The lowest BCUT2D eigenvalue weighted by atomic mass is 9.78. The van der Waals surface area contributed by atoms with Crippen molar-refractivity contribution in [2.75, 3.05) is 27.9 Å². The van der Waals surface area contributed by atoms with E-state index in [9.17, 15) is 39.6 Å². The number of fused-ring (bicyclic) bond motifs is 3. The number of aliphatic hydroxyl groups is 4. The van der Waals surface area contributed by atoms with Gasteiger partial charge in [0.1, 0.15) is 30.1 Å². The van der Waals surface area contributed by atoms with Gasteiger partial charge in [-0.1, -0.05) is 71.1 Å². The number of allylic oxidation sites excluding steroid dienone is 6. The van der Waals surface area contributed by atoms with E-state index in [0.717, 1.165) is 12.0 Å². The summed E-state index contributed by atoms with van der Waals surface area (Å²) < 4.78 is 29.5. The number of nitrogens with zero attached hydrogens (tertiary/aromatic N) is 1. The highest BCUT2D eigenvalue weighted by Crippen LogP contribution is 2.39. The summed E-state index contributed by atoms with van der Waals surface area (Å²) in [6, 6.07) is -1.08. The van der Waals surface area contributed by atoms with E-state index in [1.54, 1.807) is 41.1 Å². The van der Waals surface area contributed by atoms with Crippen molar-refractivity contribution in [3.05, 3.63) is 47.6 Å². The number of piperidine rings is 1. The Kier molecular flexibility index (Phi) is 21.3. The maximum absolute atomic E-state index is 14.4. The Morgan fingerprint density at radius 1 is 0.846 bits per heavy atom. The number of hydrogen-bond donors (Lipinski definition) is 4. The summed E-state index contributed by atoms with van der Waals surface area (Å²) in [7, 11) is 4.55. The van der Waals surface area contributed by atoms with Gasteiger partial charge in [-0.25, -0.2) is 4.79 Å². The van der Waals surface area contributed by atoms with Gasteiger partial charge >= 0.3 is 5.97 Å². The molecule has 16 atom stereocenters. The molecule has 0 aromatic carbocycles. The highest BCUT2D eigenvalue weighted by Gasteiger charge is 2.53. The second kappa shape index (κ2) is 25.3. The quantitative estimate of drug-likeness (QED) is 0.180. The fourth-order valence-electron chi connectivity index (χ4n) is 10.3. The number of amides is 1. The van der Waals surface area contributed by atoms with Crippen LogP contribution in [0, 0.1) is 35.5 Å². The van der Waals surface area contributed by atoms with Crippen molar-refractivity contribution in [2.45, 2.75) is 186 Å². The van der Waals surface area contributed by atoms with Crippen LogP contribution in [-0.4, -0.2) is 137 Å². The molecule has 14 heteroatoms. The summed E-state index contributed by atoms with van der Waals surface area (Å²) in [6.45, 7) is 12.9. The molecule has 4 rings (SSSR count). The molecule has 3 aliphatic heterocycles. The number of carbonyl (C=O) groups is 4. The number of Topliss-reactive ketones (excluding diaryl/α,β-unsaturated/α-hetero) is 2. The van der Waals surface area contributed by atoms with E-state index in [1.165, 1.54) is 12.0 Å². The fourth-order valence-corrected chi connectivity index (χ4v) is 10.3. The Bertz CT molecular complexity index is 1710. The molecule has 65 heavy (non-hydrogen) atoms. The third-order valence-electron chi connectivity index (χ3n) is 14.7. The summed E-state index contributed by atoms with van der Waals surface area (Å²) in [6.07, 6.45) is 9.72. The Balaban J connectivity index is 1.70. The van der Waals surface area contributed by atoms with Crippen molar-refractivity contribution in [3.63, 3.8) is 0 Å². The molecule has 1 amide bonds. The topological polar surface area (TPSA) is 199 Å². The van der Waals surface area contributed by atoms with E-state index in [4.69, 9.17) is 23.7 Å². The van der Waals surface area contributed by atoms with E-state index in [2.05, 4.69) is 0 Å². The standard InChI is InChI=1S/C51H81NO13/c1-30-16-12-11-13-17-31(2)42(61-8)28-38-21-19-36(7)51(60,65-38)48(57)49(58)52-23-15-14-18-39(52)50(59)64-43(33(4)26-37-20-22-40(53)44(27-37)62-9)29-41(54)32(3)25-35(6)46(56)47(63-10)45(55)34(5)24-30/h11-13,16-17,25,30,32-34,36-40,42-44,46-48,53,56-57,60H,14-15,18-24,26-29H2,1-10H3/b13-11+,16-12+,31-17+,35-25+/t30-,32-,33?,34-,36-,37+,38+,39+,40-,42+,43+,44-,46-,47+,48?,51-/m1/s1. The number of rotatable bonds is 6. The first-order chi connectivity index (χ1) is 30.7. The SMILES string of the molecule is CO[C@H]1C[C@@H]2CC[C@@H](C)[C@@](O)(O2)C(O)C(=O)N2CCCC[C@H]2C(=O)O[C@H](C(C)C[C@@H]2CC[C@@H](O)[C@H](OC)C2)CC(=O)[C@H](C)/C=C(\C)[C@@H](O)[C@@H](OC)C(=O)[C@H](C)C[C@H](C)/C=C/C=C/C=C/1C. The molecule has 0 aromatic rings. The van der Waals surface area contributed by atoms with Crippen LogP contribution in [0.25, 0.3) is 0 Å². The minimum Gasteiger partial charge on any atom is -0.460 e. The molecule has 14 nitrogen and oxygen atoms in total. The summed E-state index contributed by atoms with van der Waals surface area (Å²) in [5.41, 5.74) is 1.30. The van der Waals surface area contributed by atoms with Crippen molar-refractivity contribution >= 4 is 23.4 Å². The molecule has 368 valence electrons. The predicted octanol–water partition coefficient (Wildman–Crippen LogP) is 5.97. The molecule has 3 fully saturated rings. The number of hydrogen-bond acceptors (Lipinski definition) is 13. The lowest BCUT2D eigenvalue weighted by Gasteiger charge is -2.46. The normalized spacial score (nSPS) is 41.5. The number of cyclic esters (lactones) is 1. The molecule has 0 aromatic heterocycles. The zero-order valence-corrected chi connectivity index (χ0v) is 40.7. The minimum absolute atomic E-state index is 0.0264. The van der Waals surface area contributed by atoms with Gasteiger partial charge in [-0.3, -0.25) is 14.4 Å². The molecule has 1 aliphatic carbocycles. The van der Waals surface area contributed by atoms with Crippen LogP contribution in [0.15, 0.2) is 47.6 Å². The number of esters is 1. The van der Waals surface area contributed by atoms with Crippen LogP contribution in [0.1, 0.15) is 126 Å². The molecule has 2 bridgehead atoms. The Labute approximate surface area is 387 Å². The minimum atomic E-state index is -2.23. The van der Waals surface area contributed by atoms with Crippen LogP contribution in [0.2, 0.25) is 0 Å². The van der Waals surface area contributed by atoms with Crippen LogP contribution in [0.4, 0.5) is 0 Å². The molecule has 3 heterocycles. The van der Waals surface area contributed by atoms with Gasteiger partial charge in [-0.15, -0.1) is 0 Å². The average Bonchev–Trinajstić information content (AvgIpc) is 3.28. The highest BCUT2D eigenvalue weighted by molar-refractivity contribution is 5.89. The number of ether oxygens (including phenoxy) is 5. The average molecular weight is 916 g/mol. The van der Waals surface area contributed by atoms with Gasteiger partial charge in [0.2, 0.25) is 5.79 Å². The smallest absolute Gasteiger partial charge is 0.329 e. The van der Waals surface area contributed by atoms with Gasteiger partial charge in [0.25, 0.3) is 5.91 Å². The maximum Gasteiger partial charge on any atom is 0.329 e. The van der Waals surface area contributed by atoms with Crippen LogP contribution >= 0.6 is 0 Å². The molecule has 4 N–H and O–H groups in total. The maximum atomic E-state index is 14.4. The summed E-state index contributed by atoms with van der Waals surface area (Å²) in [5.74, 6) is -6.22. The van der Waals surface area contributed by atoms with Gasteiger partial charge in [0.05, 0.1) is 24.4 Å². The fraction of sp³-hybridized carbons (Fsp3) is 0.765. The van der Waals surface area contributed by atoms with E-state index >= 15 is 0 Å². The van der Waals surface area contributed by atoms with Gasteiger partial charge in [-0.05, 0) is 107 Å². The first-order valence-corrected chi connectivity index (χ1v) is 24.1. The Morgan fingerprint density at radius 3 is 2.25 bits per heavy atom. The lowest BCUT2D eigenvalue weighted by Crippen LogP contribution is -2.63. The zero-order chi connectivity index (χ0) is 48.2. The first-order valence-electron chi connectivity index (χ1n) is 24.1. The summed E-state index contributed by atoms with van der Waals surface area (Å²) in [5, 5.41) is 45.7. The van der Waals surface area contributed by atoms with Crippen molar-refractivity contribution < 1.29 is 63.3 Å². The monoisotopic (exact) mass is 916 g/mol. The Morgan fingerprint density at radius 2 is 1.57 bits per heavy atom. The van der Waals surface area contributed by atoms with Crippen LogP contribution < -0.4 is 0 Å².